The Labute approximate surface area is 138 Å². The van der Waals surface area contributed by atoms with Gasteiger partial charge in [-0.05, 0) is 36.1 Å². The van der Waals surface area contributed by atoms with E-state index in [0.717, 1.165) is 30.4 Å². The summed E-state index contributed by atoms with van der Waals surface area (Å²) in [7, 11) is 0. The lowest BCUT2D eigenvalue weighted by Crippen LogP contribution is -2.20. The van der Waals surface area contributed by atoms with Gasteiger partial charge in [0.1, 0.15) is 6.10 Å². The molecule has 120 valence electrons. The monoisotopic (exact) mass is 308 g/mol. The van der Waals surface area contributed by atoms with Gasteiger partial charge in [0, 0.05) is 0 Å². The van der Waals surface area contributed by atoms with E-state index in [9.17, 15) is 4.79 Å². The fourth-order valence-corrected chi connectivity index (χ4v) is 2.60. The zero-order chi connectivity index (χ0) is 16.5. The molecule has 0 aliphatic carbocycles. The van der Waals surface area contributed by atoms with Gasteiger partial charge in [-0.25, -0.2) is 4.79 Å². The van der Waals surface area contributed by atoms with Gasteiger partial charge in [0.25, 0.3) is 0 Å². The average Bonchev–Trinajstić information content (AvgIpc) is 2.61. The zero-order valence-electron chi connectivity index (χ0n) is 13.9. The lowest BCUT2D eigenvalue weighted by molar-refractivity contribution is 0.0396. The van der Waals surface area contributed by atoms with Gasteiger partial charge < -0.3 is 4.74 Å². The number of rotatable bonds is 7. The van der Waals surface area contributed by atoms with E-state index < -0.39 is 0 Å². The molecule has 0 saturated carbocycles. The molecule has 2 heteroatoms. The van der Waals surface area contributed by atoms with Crippen LogP contribution in [0.3, 0.4) is 0 Å². The van der Waals surface area contributed by atoms with Crippen LogP contribution in [0.4, 0.5) is 0 Å². The molecular formula is C21H24O2. The Morgan fingerprint density at radius 2 is 1.52 bits per heavy atom. The van der Waals surface area contributed by atoms with Crippen molar-refractivity contribution in [3.63, 3.8) is 0 Å². The summed E-state index contributed by atoms with van der Waals surface area (Å²) >= 11 is 0. The molecule has 0 aromatic heterocycles. The minimum absolute atomic E-state index is 0.213. The van der Waals surface area contributed by atoms with Crippen molar-refractivity contribution >= 4 is 11.5 Å². The smallest absolute Gasteiger partial charge is 0.338 e. The number of hydrogen-bond donors (Lipinski definition) is 0. The molecule has 2 aromatic carbocycles. The van der Waals surface area contributed by atoms with Crippen molar-refractivity contribution in [1.82, 2.24) is 0 Å². The Balaban J connectivity index is 2.25. The molecule has 0 bridgehead atoms. The SMILES string of the molecule is CCC=C(c1ccccc1)[C@@H](CCC)OC(=O)c1ccccc1. The minimum atomic E-state index is -0.262. The zero-order valence-corrected chi connectivity index (χ0v) is 13.9. The molecule has 0 amide bonds. The number of ether oxygens (including phenoxy) is 1. The lowest BCUT2D eigenvalue weighted by Gasteiger charge is -2.21. The maximum Gasteiger partial charge on any atom is 0.338 e. The number of hydrogen-bond acceptors (Lipinski definition) is 2. The Hall–Kier alpha value is -2.35. The van der Waals surface area contributed by atoms with Crippen molar-refractivity contribution in [2.75, 3.05) is 0 Å². The summed E-state index contributed by atoms with van der Waals surface area (Å²) in [6.07, 6.45) is 4.64. The molecule has 0 radical (unpaired) electrons. The highest BCUT2D eigenvalue weighted by molar-refractivity contribution is 5.90. The average molecular weight is 308 g/mol. The van der Waals surface area contributed by atoms with Crippen molar-refractivity contribution in [1.29, 1.82) is 0 Å². The van der Waals surface area contributed by atoms with Gasteiger partial charge >= 0.3 is 5.97 Å². The van der Waals surface area contributed by atoms with Gasteiger partial charge in [-0.1, -0.05) is 74.9 Å². The number of carbonyl (C=O) groups is 1. The van der Waals surface area contributed by atoms with E-state index in [1.807, 2.05) is 36.4 Å². The third-order valence-corrected chi connectivity index (χ3v) is 3.69. The van der Waals surface area contributed by atoms with Gasteiger partial charge in [0.2, 0.25) is 0 Å². The summed E-state index contributed by atoms with van der Waals surface area (Å²) < 4.78 is 5.84. The topological polar surface area (TPSA) is 26.3 Å². The summed E-state index contributed by atoms with van der Waals surface area (Å²) in [4.78, 5) is 12.4. The second-order valence-electron chi connectivity index (χ2n) is 5.48. The summed E-state index contributed by atoms with van der Waals surface area (Å²) in [6.45, 7) is 4.21. The molecule has 0 N–H and O–H groups in total. The highest BCUT2D eigenvalue weighted by Crippen LogP contribution is 2.25. The van der Waals surface area contributed by atoms with Crippen LogP contribution in [0, 0.1) is 0 Å². The second kappa shape index (κ2) is 8.94. The van der Waals surface area contributed by atoms with E-state index in [0.29, 0.717) is 5.56 Å². The number of carbonyl (C=O) groups excluding carboxylic acids is 1. The summed E-state index contributed by atoms with van der Waals surface area (Å²) in [5.74, 6) is -0.262. The lowest BCUT2D eigenvalue weighted by atomic mass is 9.96. The predicted octanol–water partition coefficient (Wildman–Crippen LogP) is 5.51. The summed E-state index contributed by atoms with van der Waals surface area (Å²) in [5, 5.41) is 0. The largest absolute Gasteiger partial charge is 0.454 e. The maximum absolute atomic E-state index is 12.4. The van der Waals surface area contributed by atoms with Crippen molar-refractivity contribution in [3.05, 3.63) is 77.9 Å². The minimum Gasteiger partial charge on any atom is -0.454 e. The van der Waals surface area contributed by atoms with Crippen molar-refractivity contribution < 1.29 is 9.53 Å². The van der Waals surface area contributed by atoms with Gasteiger partial charge in [-0.15, -0.1) is 0 Å². The normalized spacial score (nSPS) is 12.7. The summed E-state index contributed by atoms with van der Waals surface area (Å²) in [5.41, 5.74) is 2.81. The molecule has 23 heavy (non-hydrogen) atoms. The molecule has 0 saturated heterocycles. The van der Waals surface area contributed by atoms with Crippen LogP contribution in [0.1, 0.15) is 49.0 Å². The van der Waals surface area contributed by atoms with E-state index in [4.69, 9.17) is 4.74 Å². The second-order valence-corrected chi connectivity index (χ2v) is 5.48. The molecular weight excluding hydrogens is 284 g/mol. The van der Waals surface area contributed by atoms with Crippen LogP contribution in [0.15, 0.2) is 66.7 Å². The van der Waals surface area contributed by atoms with E-state index >= 15 is 0 Å². The van der Waals surface area contributed by atoms with Gasteiger partial charge in [-0.3, -0.25) is 0 Å². The van der Waals surface area contributed by atoms with Crippen LogP contribution in [0.25, 0.3) is 5.57 Å². The van der Waals surface area contributed by atoms with E-state index in [-0.39, 0.29) is 12.1 Å². The van der Waals surface area contributed by atoms with Crippen LogP contribution in [0.5, 0.6) is 0 Å². The third-order valence-electron chi connectivity index (χ3n) is 3.69. The molecule has 0 unspecified atom stereocenters. The number of allylic oxidation sites excluding steroid dienone is 1. The van der Waals surface area contributed by atoms with Crippen molar-refractivity contribution in [3.8, 4) is 0 Å². The number of esters is 1. The first kappa shape index (κ1) is 17.0. The molecule has 0 aliphatic rings. The van der Waals surface area contributed by atoms with E-state index in [1.54, 1.807) is 12.1 Å². The van der Waals surface area contributed by atoms with Crippen LogP contribution in [-0.4, -0.2) is 12.1 Å². The van der Waals surface area contributed by atoms with Crippen molar-refractivity contribution in [2.24, 2.45) is 0 Å². The standard InChI is InChI=1S/C21H24O2/c1-3-11-19(17-13-7-5-8-14-17)20(12-4-2)23-21(22)18-15-9-6-10-16-18/h5-11,13-16,20H,3-4,12H2,1-2H3/t20-/m1/s1. The molecule has 2 aromatic rings. The fourth-order valence-electron chi connectivity index (χ4n) is 2.60. The Morgan fingerprint density at radius 1 is 0.957 bits per heavy atom. The quantitative estimate of drug-likeness (QED) is 0.631. The predicted molar refractivity (Wildman–Crippen MR) is 95.3 cm³/mol. The van der Waals surface area contributed by atoms with Crippen LogP contribution in [0.2, 0.25) is 0 Å². The molecule has 0 spiro atoms. The Kier molecular flexibility index (Phi) is 6.61. The molecule has 0 fully saturated rings. The third kappa shape index (κ3) is 4.82. The Bertz CT molecular complexity index is 629. The molecule has 1 atom stereocenters. The first-order valence-corrected chi connectivity index (χ1v) is 8.27. The first-order valence-electron chi connectivity index (χ1n) is 8.27. The number of benzene rings is 2. The van der Waals surface area contributed by atoms with Gasteiger partial charge in [-0.2, -0.15) is 0 Å². The molecule has 2 nitrogen and oxygen atoms in total. The van der Waals surface area contributed by atoms with Gasteiger partial charge in [0.15, 0.2) is 0 Å². The van der Waals surface area contributed by atoms with E-state index in [1.165, 1.54) is 0 Å². The van der Waals surface area contributed by atoms with Gasteiger partial charge in [0.05, 0.1) is 5.56 Å². The van der Waals surface area contributed by atoms with Crippen LogP contribution in [-0.2, 0) is 4.74 Å². The molecule has 0 aliphatic heterocycles. The van der Waals surface area contributed by atoms with Crippen molar-refractivity contribution in [2.45, 2.75) is 39.2 Å². The maximum atomic E-state index is 12.4. The van der Waals surface area contributed by atoms with Crippen LogP contribution >= 0.6 is 0 Å². The Morgan fingerprint density at radius 3 is 2.04 bits per heavy atom. The highest BCUT2D eigenvalue weighted by atomic mass is 16.5. The summed E-state index contributed by atoms with van der Waals surface area (Å²) in [6, 6.07) is 19.3. The highest BCUT2D eigenvalue weighted by Gasteiger charge is 2.20. The van der Waals surface area contributed by atoms with Crippen LogP contribution < -0.4 is 0 Å². The fraction of sp³-hybridized carbons (Fsp3) is 0.286. The van der Waals surface area contributed by atoms with E-state index in [2.05, 4.69) is 32.1 Å². The first-order chi connectivity index (χ1) is 11.3. The molecule has 2 rings (SSSR count). The molecule has 0 heterocycles.